The van der Waals surface area contributed by atoms with E-state index in [9.17, 15) is 9.59 Å². The van der Waals surface area contributed by atoms with Gasteiger partial charge in [0.05, 0.1) is 4.88 Å². The number of H-pyrrole nitrogens is 1. The largest absolute Gasteiger partial charge is 0.361 e. The first-order valence-electron chi connectivity index (χ1n) is 8.96. The van der Waals surface area contributed by atoms with Gasteiger partial charge in [-0.05, 0) is 55.4 Å². The van der Waals surface area contributed by atoms with Gasteiger partial charge in [-0.1, -0.05) is 18.2 Å². The first-order chi connectivity index (χ1) is 12.7. The summed E-state index contributed by atoms with van der Waals surface area (Å²) in [6, 6.07) is 10.1. The Kier molecular flexibility index (Phi) is 4.75. The predicted molar refractivity (Wildman–Crippen MR) is 103 cm³/mol. The van der Waals surface area contributed by atoms with Crippen molar-refractivity contribution in [3.8, 4) is 0 Å². The molecule has 1 aliphatic rings. The number of hydrazine groups is 1. The molecule has 2 aromatic heterocycles. The van der Waals surface area contributed by atoms with E-state index in [0.717, 1.165) is 31.2 Å². The Balaban J connectivity index is 1.23. The average Bonchev–Trinajstić information content (AvgIpc) is 3.34. The van der Waals surface area contributed by atoms with Crippen LogP contribution in [0.2, 0.25) is 0 Å². The maximum atomic E-state index is 12.1. The minimum Gasteiger partial charge on any atom is -0.361 e. The highest BCUT2D eigenvalue weighted by Gasteiger charge is 2.18. The van der Waals surface area contributed by atoms with E-state index in [1.54, 1.807) is 0 Å². The molecule has 0 aliphatic heterocycles. The molecule has 1 aromatic carbocycles. The molecule has 0 saturated carbocycles. The van der Waals surface area contributed by atoms with Crippen molar-refractivity contribution < 1.29 is 9.59 Å². The maximum Gasteiger partial charge on any atom is 0.279 e. The molecule has 6 heteroatoms. The summed E-state index contributed by atoms with van der Waals surface area (Å²) in [6.45, 7) is 0. The van der Waals surface area contributed by atoms with Gasteiger partial charge in [0, 0.05) is 28.4 Å². The topological polar surface area (TPSA) is 74.0 Å². The summed E-state index contributed by atoms with van der Waals surface area (Å²) in [6.07, 6.45) is 7.23. The highest BCUT2D eigenvalue weighted by atomic mass is 32.1. The monoisotopic (exact) mass is 367 g/mol. The van der Waals surface area contributed by atoms with E-state index in [0.29, 0.717) is 11.3 Å². The summed E-state index contributed by atoms with van der Waals surface area (Å²) in [5.41, 5.74) is 8.66. The molecule has 3 N–H and O–H groups in total. The van der Waals surface area contributed by atoms with Crippen molar-refractivity contribution >= 4 is 34.1 Å². The van der Waals surface area contributed by atoms with Gasteiger partial charge in [-0.2, -0.15) is 0 Å². The van der Waals surface area contributed by atoms with Crippen LogP contribution in [0, 0.1) is 0 Å². The number of fused-ring (bicyclic) bond motifs is 2. The number of carbonyl (C=O) groups excluding carboxylic acids is 2. The summed E-state index contributed by atoms with van der Waals surface area (Å²) < 4.78 is 0. The van der Waals surface area contributed by atoms with Crippen LogP contribution in [0.25, 0.3) is 10.9 Å². The molecule has 0 atom stereocenters. The molecule has 0 bridgehead atoms. The first kappa shape index (κ1) is 16.8. The van der Waals surface area contributed by atoms with Crippen molar-refractivity contribution in [2.45, 2.75) is 38.5 Å². The quantitative estimate of drug-likeness (QED) is 0.604. The zero-order valence-corrected chi connectivity index (χ0v) is 15.2. The Morgan fingerprint density at radius 2 is 2.04 bits per heavy atom. The molecule has 0 fully saturated rings. The van der Waals surface area contributed by atoms with Crippen LogP contribution in [-0.4, -0.2) is 16.8 Å². The smallest absolute Gasteiger partial charge is 0.279 e. The SMILES string of the molecule is O=C(CCCc1c[nH]c2ccccc12)NNC(=O)c1cc2c(s1)CCC2. The van der Waals surface area contributed by atoms with Gasteiger partial charge in [0.25, 0.3) is 5.91 Å². The van der Waals surface area contributed by atoms with Crippen molar-refractivity contribution in [3.05, 3.63) is 57.4 Å². The normalized spacial score (nSPS) is 12.9. The van der Waals surface area contributed by atoms with Crippen molar-refractivity contribution in [2.24, 2.45) is 0 Å². The maximum absolute atomic E-state index is 12.1. The third-order valence-electron chi connectivity index (χ3n) is 4.81. The van der Waals surface area contributed by atoms with E-state index >= 15 is 0 Å². The van der Waals surface area contributed by atoms with Crippen LogP contribution in [0.3, 0.4) is 0 Å². The molecule has 26 heavy (non-hydrogen) atoms. The molecule has 2 amide bonds. The Bertz CT molecular complexity index is 936. The molecule has 0 radical (unpaired) electrons. The molecule has 1 aliphatic carbocycles. The second kappa shape index (κ2) is 7.33. The molecule has 5 nitrogen and oxygen atoms in total. The van der Waals surface area contributed by atoms with Gasteiger partial charge in [-0.15, -0.1) is 11.3 Å². The van der Waals surface area contributed by atoms with Crippen molar-refractivity contribution in [1.29, 1.82) is 0 Å². The number of nitrogens with one attached hydrogen (secondary N) is 3. The minimum absolute atomic E-state index is 0.165. The van der Waals surface area contributed by atoms with Gasteiger partial charge in [0.2, 0.25) is 5.91 Å². The number of carbonyl (C=O) groups is 2. The molecule has 0 saturated heterocycles. The zero-order chi connectivity index (χ0) is 17.9. The third-order valence-corrected chi connectivity index (χ3v) is 6.05. The van der Waals surface area contributed by atoms with E-state index in [-0.39, 0.29) is 11.8 Å². The third kappa shape index (κ3) is 3.51. The number of amides is 2. The van der Waals surface area contributed by atoms with Crippen LogP contribution >= 0.6 is 11.3 Å². The number of thiophene rings is 1. The van der Waals surface area contributed by atoms with Gasteiger partial charge in [0.1, 0.15) is 0 Å². The molecule has 134 valence electrons. The summed E-state index contributed by atoms with van der Waals surface area (Å²) in [4.78, 5) is 29.3. The van der Waals surface area contributed by atoms with Crippen LogP contribution in [0.1, 0.15) is 44.9 Å². The fourth-order valence-electron chi connectivity index (χ4n) is 3.47. The standard InChI is InChI=1S/C20H21N3O2S/c24-19(10-4-6-14-12-21-16-8-2-1-7-15(14)16)22-23-20(25)18-11-13-5-3-9-17(13)26-18/h1-2,7-8,11-12,21H,3-6,9-10H2,(H,22,24)(H,23,25). The van der Waals surface area contributed by atoms with E-state index in [4.69, 9.17) is 0 Å². The molecular formula is C20H21N3O2S. The van der Waals surface area contributed by atoms with Gasteiger partial charge < -0.3 is 4.98 Å². The van der Waals surface area contributed by atoms with Crippen LogP contribution in [-0.2, 0) is 24.1 Å². The van der Waals surface area contributed by atoms with Crippen molar-refractivity contribution in [1.82, 2.24) is 15.8 Å². The first-order valence-corrected chi connectivity index (χ1v) is 9.78. The number of hydrogen-bond donors (Lipinski definition) is 3. The van der Waals surface area contributed by atoms with E-state index in [1.807, 2.05) is 30.5 Å². The van der Waals surface area contributed by atoms with Gasteiger partial charge in [0.15, 0.2) is 0 Å². The molecular weight excluding hydrogens is 346 g/mol. The number of aromatic amines is 1. The number of aryl methyl sites for hydroxylation is 3. The second-order valence-electron chi connectivity index (χ2n) is 6.63. The van der Waals surface area contributed by atoms with Crippen molar-refractivity contribution in [3.63, 3.8) is 0 Å². The number of benzene rings is 1. The number of aromatic nitrogens is 1. The van der Waals surface area contributed by atoms with Crippen LogP contribution in [0.4, 0.5) is 0 Å². The van der Waals surface area contributed by atoms with Crippen LogP contribution < -0.4 is 10.9 Å². The fourth-order valence-corrected chi connectivity index (χ4v) is 4.62. The minimum atomic E-state index is -0.227. The Morgan fingerprint density at radius 1 is 1.15 bits per heavy atom. The number of para-hydroxylation sites is 1. The Hall–Kier alpha value is -2.60. The summed E-state index contributed by atoms with van der Waals surface area (Å²) in [5, 5.41) is 1.20. The van der Waals surface area contributed by atoms with E-state index < -0.39 is 0 Å². The van der Waals surface area contributed by atoms with Gasteiger partial charge in [-0.25, -0.2) is 0 Å². The molecule has 0 unspecified atom stereocenters. The zero-order valence-electron chi connectivity index (χ0n) is 14.4. The molecule has 3 aromatic rings. The second-order valence-corrected chi connectivity index (χ2v) is 7.76. The number of hydrogen-bond acceptors (Lipinski definition) is 3. The summed E-state index contributed by atoms with van der Waals surface area (Å²) in [5.74, 6) is -0.392. The predicted octanol–water partition coefficient (Wildman–Crippen LogP) is 3.50. The highest BCUT2D eigenvalue weighted by Crippen LogP contribution is 2.30. The van der Waals surface area contributed by atoms with Crippen molar-refractivity contribution in [2.75, 3.05) is 0 Å². The lowest BCUT2D eigenvalue weighted by atomic mass is 10.1. The molecule has 4 rings (SSSR count). The van der Waals surface area contributed by atoms with Gasteiger partial charge in [-0.3, -0.25) is 20.4 Å². The van der Waals surface area contributed by atoms with Crippen LogP contribution in [0.5, 0.6) is 0 Å². The van der Waals surface area contributed by atoms with Gasteiger partial charge >= 0.3 is 0 Å². The lowest BCUT2D eigenvalue weighted by Crippen LogP contribution is -2.41. The lowest BCUT2D eigenvalue weighted by Gasteiger charge is -2.06. The molecule has 0 spiro atoms. The number of rotatable bonds is 5. The fraction of sp³-hybridized carbons (Fsp3) is 0.300. The highest BCUT2D eigenvalue weighted by molar-refractivity contribution is 7.14. The van der Waals surface area contributed by atoms with E-state index in [1.165, 1.54) is 39.1 Å². The molecule has 2 heterocycles. The Morgan fingerprint density at radius 3 is 2.92 bits per heavy atom. The van der Waals surface area contributed by atoms with Crippen LogP contribution in [0.15, 0.2) is 36.5 Å². The summed E-state index contributed by atoms with van der Waals surface area (Å²) >= 11 is 1.53. The lowest BCUT2D eigenvalue weighted by molar-refractivity contribution is -0.121. The summed E-state index contributed by atoms with van der Waals surface area (Å²) in [7, 11) is 0. The van der Waals surface area contributed by atoms with E-state index in [2.05, 4.69) is 21.9 Å². The Labute approximate surface area is 155 Å². The average molecular weight is 367 g/mol.